The van der Waals surface area contributed by atoms with Crippen LogP contribution >= 0.6 is 0 Å². The Balaban J connectivity index is 1.87. The van der Waals surface area contributed by atoms with Crippen LogP contribution in [0.15, 0.2) is 4.42 Å². The number of aromatic nitrogens is 2. The Morgan fingerprint density at radius 1 is 1.47 bits per heavy atom. The standard InChI is InChI=1S/C10H18N4O/c1-2-9-12-13-10(15-9)7-14-4-3-8(5-11)6-14/h8H,2-7,11H2,1H3. The molecule has 2 heterocycles. The molecule has 0 spiro atoms. The molecule has 2 N–H and O–H groups in total. The molecule has 1 aliphatic rings. The van der Waals surface area contributed by atoms with Gasteiger partial charge in [-0.05, 0) is 25.4 Å². The van der Waals surface area contributed by atoms with Crippen molar-refractivity contribution in [3.05, 3.63) is 11.8 Å². The first-order chi connectivity index (χ1) is 7.31. The van der Waals surface area contributed by atoms with Gasteiger partial charge in [0.25, 0.3) is 0 Å². The fourth-order valence-electron chi connectivity index (χ4n) is 1.94. The molecule has 1 unspecified atom stereocenters. The van der Waals surface area contributed by atoms with Gasteiger partial charge in [-0.3, -0.25) is 4.90 Å². The molecule has 1 aliphatic heterocycles. The Morgan fingerprint density at radius 2 is 2.27 bits per heavy atom. The number of nitrogens with two attached hydrogens (primary N) is 1. The minimum atomic E-state index is 0.638. The highest BCUT2D eigenvalue weighted by Gasteiger charge is 2.22. The number of hydrogen-bond donors (Lipinski definition) is 1. The third-order valence-corrected chi connectivity index (χ3v) is 2.87. The maximum atomic E-state index is 5.64. The highest BCUT2D eigenvalue weighted by Crippen LogP contribution is 2.17. The van der Waals surface area contributed by atoms with E-state index in [1.807, 2.05) is 6.92 Å². The van der Waals surface area contributed by atoms with E-state index in [0.29, 0.717) is 5.92 Å². The van der Waals surface area contributed by atoms with Gasteiger partial charge in [0, 0.05) is 13.0 Å². The zero-order valence-electron chi connectivity index (χ0n) is 9.15. The van der Waals surface area contributed by atoms with Crippen LogP contribution in [0.5, 0.6) is 0 Å². The maximum absolute atomic E-state index is 5.64. The first-order valence-corrected chi connectivity index (χ1v) is 5.55. The van der Waals surface area contributed by atoms with Gasteiger partial charge in [0.1, 0.15) is 0 Å². The lowest BCUT2D eigenvalue weighted by atomic mass is 10.1. The minimum Gasteiger partial charge on any atom is -0.424 e. The highest BCUT2D eigenvalue weighted by molar-refractivity contribution is 4.84. The monoisotopic (exact) mass is 210 g/mol. The third-order valence-electron chi connectivity index (χ3n) is 2.87. The Morgan fingerprint density at radius 3 is 2.87 bits per heavy atom. The second-order valence-electron chi connectivity index (χ2n) is 4.07. The van der Waals surface area contributed by atoms with E-state index in [-0.39, 0.29) is 0 Å². The maximum Gasteiger partial charge on any atom is 0.230 e. The zero-order chi connectivity index (χ0) is 10.7. The molecule has 5 heteroatoms. The Labute approximate surface area is 89.6 Å². The molecule has 1 atom stereocenters. The van der Waals surface area contributed by atoms with Crippen molar-refractivity contribution in [1.82, 2.24) is 15.1 Å². The zero-order valence-corrected chi connectivity index (χ0v) is 9.15. The van der Waals surface area contributed by atoms with Gasteiger partial charge >= 0.3 is 0 Å². The van der Waals surface area contributed by atoms with Gasteiger partial charge in [-0.15, -0.1) is 10.2 Å². The van der Waals surface area contributed by atoms with E-state index in [1.165, 1.54) is 6.42 Å². The van der Waals surface area contributed by atoms with Gasteiger partial charge in [-0.2, -0.15) is 0 Å². The van der Waals surface area contributed by atoms with Crippen LogP contribution in [0.25, 0.3) is 0 Å². The van der Waals surface area contributed by atoms with Crippen molar-refractivity contribution in [3.8, 4) is 0 Å². The molecule has 1 saturated heterocycles. The molecule has 0 aliphatic carbocycles. The van der Waals surface area contributed by atoms with Crippen LogP contribution in [0.4, 0.5) is 0 Å². The average molecular weight is 210 g/mol. The van der Waals surface area contributed by atoms with Crippen LogP contribution in [-0.4, -0.2) is 34.7 Å². The highest BCUT2D eigenvalue weighted by atomic mass is 16.4. The lowest BCUT2D eigenvalue weighted by Crippen LogP contribution is -2.22. The molecule has 0 amide bonds. The first kappa shape index (κ1) is 10.6. The summed E-state index contributed by atoms with van der Waals surface area (Å²) in [5.41, 5.74) is 5.64. The lowest BCUT2D eigenvalue weighted by molar-refractivity contribution is 0.277. The van der Waals surface area contributed by atoms with Crippen molar-refractivity contribution < 1.29 is 4.42 Å². The Bertz CT molecular complexity index is 312. The molecule has 84 valence electrons. The molecule has 0 bridgehead atoms. The smallest absolute Gasteiger partial charge is 0.230 e. The van der Waals surface area contributed by atoms with Crippen molar-refractivity contribution in [2.24, 2.45) is 11.7 Å². The molecule has 1 fully saturated rings. The van der Waals surface area contributed by atoms with Gasteiger partial charge in [-0.1, -0.05) is 6.92 Å². The predicted molar refractivity (Wildman–Crippen MR) is 56.1 cm³/mol. The summed E-state index contributed by atoms with van der Waals surface area (Å²) in [5, 5.41) is 7.96. The van der Waals surface area contributed by atoms with Gasteiger partial charge in [0.2, 0.25) is 11.8 Å². The van der Waals surface area contributed by atoms with Crippen LogP contribution in [0.2, 0.25) is 0 Å². The van der Waals surface area contributed by atoms with E-state index in [9.17, 15) is 0 Å². The van der Waals surface area contributed by atoms with Crippen LogP contribution in [0.3, 0.4) is 0 Å². The first-order valence-electron chi connectivity index (χ1n) is 5.55. The van der Waals surface area contributed by atoms with Crippen LogP contribution in [0, 0.1) is 5.92 Å². The molecule has 0 aromatic carbocycles. The summed E-state index contributed by atoms with van der Waals surface area (Å²) in [6.45, 7) is 5.70. The SMILES string of the molecule is CCc1nnc(CN2CCC(CN)C2)o1. The van der Waals surface area contributed by atoms with Crippen molar-refractivity contribution in [2.45, 2.75) is 26.3 Å². The van der Waals surface area contributed by atoms with E-state index >= 15 is 0 Å². The lowest BCUT2D eigenvalue weighted by Gasteiger charge is -2.12. The molecule has 1 aromatic rings. The molecule has 1 aromatic heterocycles. The molecule has 5 nitrogen and oxygen atoms in total. The molecular weight excluding hydrogens is 192 g/mol. The van der Waals surface area contributed by atoms with E-state index in [2.05, 4.69) is 15.1 Å². The van der Waals surface area contributed by atoms with E-state index in [0.717, 1.165) is 44.4 Å². The number of hydrogen-bond acceptors (Lipinski definition) is 5. The van der Waals surface area contributed by atoms with Gasteiger partial charge in [0.05, 0.1) is 6.54 Å². The topological polar surface area (TPSA) is 68.2 Å². The molecule has 0 saturated carbocycles. The third kappa shape index (κ3) is 2.54. The van der Waals surface area contributed by atoms with Crippen LogP contribution in [0.1, 0.15) is 25.1 Å². The van der Waals surface area contributed by atoms with Crippen LogP contribution < -0.4 is 5.73 Å². The number of likely N-dealkylation sites (tertiary alicyclic amines) is 1. The Hall–Kier alpha value is -0.940. The van der Waals surface area contributed by atoms with Crippen molar-refractivity contribution in [2.75, 3.05) is 19.6 Å². The number of rotatable bonds is 4. The largest absolute Gasteiger partial charge is 0.424 e. The van der Waals surface area contributed by atoms with Crippen LogP contribution in [-0.2, 0) is 13.0 Å². The van der Waals surface area contributed by atoms with E-state index in [4.69, 9.17) is 10.2 Å². The summed E-state index contributed by atoms with van der Waals surface area (Å²) >= 11 is 0. The van der Waals surface area contributed by atoms with Gasteiger partial charge in [-0.25, -0.2) is 0 Å². The summed E-state index contributed by atoms with van der Waals surface area (Å²) in [4.78, 5) is 2.32. The molecular formula is C10H18N4O. The summed E-state index contributed by atoms with van der Waals surface area (Å²) in [7, 11) is 0. The molecule has 0 radical (unpaired) electrons. The quantitative estimate of drug-likeness (QED) is 0.779. The summed E-state index contributed by atoms with van der Waals surface area (Å²) in [6, 6.07) is 0. The fourth-order valence-corrected chi connectivity index (χ4v) is 1.94. The summed E-state index contributed by atoms with van der Waals surface area (Å²) in [5.74, 6) is 2.09. The molecule has 15 heavy (non-hydrogen) atoms. The minimum absolute atomic E-state index is 0.638. The normalized spacial score (nSPS) is 22.4. The average Bonchev–Trinajstić information content (AvgIpc) is 2.87. The number of nitrogens with zero attached hydrogens (tertiary/aromatic N) is 3. The van der Waals surface area contributed by atoms with Crippen molar-refractivity contribution >= 4 is 0 Å². The predicted octanol–water partition coefficient (Wildman–Crippen LogP) is 0.413. The van der Waals surface area contributed by atoms with Gasteiger partial charge in [0.15, 0.2) is 0 Å². The van der Waals surface area contributed by atoms with Gasteiger partial charge < -0.3 is 10.2 Å². The second-order valence-corrected chi connectivity index (χ2v) is 4.07. The second kappa shape index (κ2) is 4.72. The number of aryl methyl sites for hydroxylation is 1. The van der Waals surface area contributed by atoms with Crippen molar-refractivity contribution in [3.63, 3.8) is 0 Å². The van der Waals surface area contributed by atoms with Crippen molar-refractivity contribution in [1.29, 1.82) is 0 Å². The molecule has 2 rings (SSSR count). The summed E-state index contributed by atoms with van der Waals surface area (Å²) in [6.07, 6.45) is 1.99. The summed E-state index contributed by atoms with van der Waals surface area (Å²) < 4.78 is 5.47. The Kier molecular flexibility index (Phi) is 3.33. The van der Waals surface area contributed by atoms with E-state index in [1.54, 1.807) is 0 Å². The fraction of sp³-hybridized carbons (Fsp3) is 0.800. The van der Waals surface area contributed by atoms with E-state index < -0.39 is 0 Å².